The number of nitrogens with zero attached hydrogens (tertiary/aromatic N) is 3. The van der Waals surface area contributed by atoms with Crippen molar-refractivity contribution in [1.29, 1.82) is 0 Å². The molecule has 1 amide bonds. The summed E-state index contributed by atoms with van der Waals surface area (Å²) >= 11 is 0. The first kappa shape index (κ1) is 13.5. The van der Waals surface area contributed by atoms with E-state index in [-0.39, 0.29) is 12.5 Å². The first-order chi connectivity index (χ1) is 9.17. The third kappa shape index (κ3) is 2.76. The Bertz CT molecular complexity index is 577. The van der Waals surface area contributed by atoms with Crippen molar-refractivity contribution < 1.29 is 9.90 Å². The maximum atomic E-state index is 12.3. The van der Waals surface area contributed by atoms with E-state index in [0.29, 0.717) is 25.2 Å². The third-order valence-electron chi connectivity index (χ3n) is 3.17. The van der Waals surface area contributed by atoms with Gasteiger partial charge in [0.05, 0.1) is 0 Å². The number of aliphatic hydroxyl groups is 1. The number of amides is 1. The summed E-state index contributed by atoms with van der Waals surface area (Å²) in [6.07, 6.45) is 2.36. The zero-order valence-corrected chi connectivity index (χ0v) is 11.3. The number of aryl methyl sites for hydroxylation is 1. The van der Waals surface area contributed by atoms with Gasteiger partial charge >= 0.3 is 0 Å². The lowest BCUT2D eigenvalue weighted by molar-refractivity contribution is 0.0749. The summed E-state index contributed by atoms with van der Waals surface area (Å²) < 4.78 is 1.91. The lowest BCUT2D eigenvalue weighted by Crippen LogP contribution is -2.32. The van der Waals surface area contributed by atoms with E-state index in [1.807, 2.05) is 36.4 Å². The fourth-order valence-electron chi connectivity index (χ4n) is 2.08. The Hall–Kier alpha value is -1.88. The molecule has 5 nitrogen and oxygen atoms in total. The Labute approximate surface area is 112 Å². The van der Waals surface area contributed by atoms with Crippen molar-refractivity contribution in [2.75, 3.05) is 19.7 Å². The third-order valence-corrected chi connectivity index (χ3v) is 3.17. The van der Waals surface area contributed by atoms with Gasteiger partial charge in [-0.2, -0.15) is 0 Å². The molecule has 0 aliphatic carbocycles. The number of rotatable bonds is 5. The summed E-state index contributed by atoms with van der Waals surface area (Å²) in [6, 6.07) is 5.79. The van der Waals surface area contributed by atoms with Crippen molar-refractivity contribution >= 4 is 11.6 Å². The standard InChI is InChI=1S/C14H19N3O2/c1-3-16(8-5-9-18)14(19)12-10-17-11(2)6-4-7-13(17)15-12/h4,6-7,10,18H,3,5,8-9H2,1-2H3. The fraction of sp³-hybridized carbons (Fsp3) is 0.429. The molecule has 0 aliphatic heterocycles. The molecule has 19 heavy (non-hydrogen) atoms. The number of hydrogen-bond donors (Lipinski definition) is 1. The van der Waals surface area contributed by atoms with E-state index in [9.17, 15) is 4.79 Å². The van der Waals surface area contributed by atoms with Crippen LogP contribution in [0.1, 0.15) is 29.5 Å². The molecular weight excluding hydrogens is 242 g/mol. The van der Waals surface area contributed by atoms with Crippen molar-refractivity contribution in [3.8, 4) is 0 Å². The average Bonchev–Trinajstić information content (AvgIpc) is 2.85. The molecular formula is C14H19N3O2. The van der Waals surface area contributed by atoms with Crippen LogP contribution in [0.2, 0.25) is 0 Å². The zero-order chi connectivity index (χ0) is 13.8. The second kappa shape index (κ2) is 5.84. The van der Waals surface area contributed by atoms with E-state index in [0.717, 1.165) is 11.3 Å². The smallest absolute Gasteiger partial charge is 0.274 e. The normalized spacial score (nSPS) is 10.9. The highest BCUT2D eigenvalue weighted by Gasteiger charge is 2.17. The molecule has 0 atom stereocenters. The van der Waals surface area contributed by atoms with Gasteiger partial charge in [-0.3, -0.25) is 4.79 Å². The van der Waals surface area contributed by atoms with Crippen LogP contribution in [-0.2, 0) is 0 Å². The van der Waals surface area contributed by atoms with Crippen LogP contribution in [0, 0.1) is 6.92 Å². The van der Waals surface area contributed by atoms with Gasteiger partial charge in [0, 0.05) is 31.6 Å². The largest absolute Gasteiger partial charge is 0.396 e. The summed E-state index contributed by atoms with van der Waals surface area (Å²) in [6.45, 7) is 5.17. The Morgan fingerprint density at radius 3 is 2.89 bits per heavy atom. The number of carbonyl (C=O) groups is 1. The second-order valence-corrected chi connectivity index (χ2v) is 4.48. The highest BCUT2D eigenvalue weighted by molar-refractivity contribution is 5.92. The number of fused-ring (bicyclic) bond motifs is 1. The quantitative estimate of drug-likeness (QED) is 0.887. The van der Waals surface area contributed by atoms with Gasteiger partial charge in [-0.25, -0.2) is 4.98 Å². The maximum absolute atomic E-state index is 12.3. The van der Waals surface area contributed by atoms with Gasteiger partial charge in [0.2, 0.25) is 0 Å². The molecule has 102 valence electrons. The van der Waals surface area contributed by atoms with E-state index in [2.05, 4.69) is 4.98 Å². The number of hydrogen-bond acceptors (Lipinski definition) is 3. The molecule has 0 aromatic carbocycles. The van der Waals surface area contributed by atoms with Crippen molar-refractivity contribution in [2.24, 2.45) is 0 Å². The van der Waals surface area contributed by atoms with Gasteiger partial charge in [0.25, 0.3) is 5.91 Å². The molecule has 2 heterocycles. The van der Waals surface area contributed by atoms with Crippen LogP contribution < -0.4 is 0 Å². The molecule has 0 aliphatic rings. The van der Waals surface area contributed by atoms with Crippen LogP contribution >= 0.6 is 0 Å². The summed E-state index contributed by atoms with van der Waals surface area (Å²) in [7, 11) is 0. The van der Waals surface area contributed by atoms with Gasteiger partial charge in [0.1, 0.15) is 11.3 Å². The van der Waals surface area contributed by atoms with Crippen molar-refractivity contribution in [3.05, 3.63) is 35.8 Å². The minimum Gasteiger partial charge on any atom is -0.396 e. The number of carbonyl (C=O) groups excluding carboxylic acids is 1. The van der Waals surface area contributed by atoms with Crippen LogP contribution in [-0.4, -0.2) is 45.0 Å². The van der Waals surface area contributed by atoms with Crippen molar-refractivity contribution in [2.45, 2.75) is 20.3 Å². The van der Waals surface area contributed by atoms with Crippen LogP contribution in [0.4, 0.5) is 0 Å². The average molecular weight is 261 g/mol. The Kier molecular flexibility index (Phi) is 4.16. The summed E-state index contributed by atoms with van der Waals surface area (Å²) in [4.78, 5) is 18.4. The molecule has 2 rings (SSSR count). The predicted molar refractivity (Wildman–Crippen MR) is 73.2 cm³/mol. The molecule has 2 aromatic heterocycles. The van der Waals surface area contributed by atoms with Crippen LogP contribution in [0.25, 0.3) is 5.65 Å². The lowest BCUT2D eigenvalue weighted by Gasteiger charge is -2.18. The highest BCUT2D eigenvalue weighted by Crippen LogP contribution is 2.10. The Morgan fingerprint density at radius 1 is 1.47 bits per heavy atom. The minimum absolute atomic E-state index is 0.0842. The summed E-state index contributed by atoms with van der Waals surface area (Å²) in [5.41, 5.74) is 2.28. The van der Waals surface area contributed by atoms with Gasteiger partial charge in [-0.1, -0.05) is 6.07 Å². The number of aromatic nitrogens is 2. The van der Waals surface area contributed by atoms with Crippen LogP contribution in [0.3, 0.4) is 0 Å². The molecule has 0 bridgehead atoms. The highest BCUT2D eigenvalue weighted by atomic mass is 16.3. The van der Waals surface area contributed by atoms with E-state index in [4.69, 9.17) is 5.11 Å². The zero-order valence-electron chi connectivity index (χ0n) is 11.3. The predicted octanol–water partition coefficient (Wildman–Crippen LogP) is 1.49. The maximum Gasteiger partial charge on any atom is 0.274 e. The molecule has 5 heteroatoms. The van der Waals surface area contributed by atoms with Gasteiger partial charge in [0.15, 0.2) is 0 Å². The molecule has 1 N–H and O–H groups in total. The molecule has 0 unspecified atom stereocenters. The molecule has 0 saturated carbocycles. The molecule has 0 fully saturated rings. The first-order valence-corrected chi connectivity index (χ1v) is 6.52. The fourth-order valence-corrected chi connectivity index (χ4v) is 2.08. The Morgan fingerprint density at radius 2 is 2.26 bits per heavy atom. The molecule has 0 spiro atoms. The van der Waals surface area contributed by atoms with Gasteiger partial charge < -0.3 is 14.4 Å². The minimum atomic E-state index is -0.0842. The number of aliphatic hydroxyl groups excluding tert-OH is 1. The van der Waals surface area contributed by atoms with Crippen LogP contribution in [0.5, 0.6) is 0 Å². The number of imidazole rings is 1. The number of pyridine rings is 1. The second-order valence-electron chi connectivity index (χ2n) is 4.48. The SMILES string of the molecule is CCN(CCCO)C(=O)c1cn2c(C)cccc2n1. The van der Waals surface area contributed by atoms with E-state index in [1.54, 1.807) is 11.1 Å². The first-order valence-electron chi connectivity index (χ1n) is 6.52. The molecule has 2 aromatic rings. The topological polar surface area (TPSA) is 57.8 Å². The summed E-state index contributed by atoms with van der Waals surface area (Å²) in [5, 5.41) is 8.86. The van der Waals surface area contributed by atoms with Crippen molar-refractivity contribution in [3.63, 3.8) is 0 Å². The van der Waals surface area contributed by atoms with Gasteiger partial charge in [-0.05, 0) is 32.4 Å². The van der Waals surface area contributed by atoms with Crippen LogP contribution in [0.15, 0.2) is 24.4 Å². The van der Waals surface area contributed by atoms with E-state index in [1.165, 1.54) is 0 Å². The van der Waals surface area contributed by atoms with E-state index < -0.39 is 0 Å². The van der Waals surface area contributed by atoms with Gasteiger partial charge in [-0.15, -0.1) is 0 Å². The van der Waals surface area contributed by atoms with Crippen molar-refractivity contribution in [1.82, 2.24) is 14.3 Å². The molecule has 0 saturated heterocycles. The lowest BCUT2D eigenvalue weighted by atomic mass is 10.3. The Balaban J connectivity index is 2.27. The van der Waals surface area contributed by atoms with E-state index >= 15 is 0 Å². The molecule has 0 radical (unpaired) electrons. The summed E-state index contributed by atoms with van der Waals surface area (Å²) in [5.74, 6) is -0.0842. The monoisotopic (exact) mass is 261 g/mol.